The largest absolute Gasteiger partial charge is 0.494 e. The number of ether oxygens (including phenoxy) is 3. The molecule has 2 aromatic carbocycles. The number of hydrogen-bond acceptors (Lipinski definition) is 12. The molecule has 4 aromatic heterocycles. The van der Waals surface area contributed by atoms with Crippen LogP contribution in [0.5, 0.6) is 11.5 Å². The fourth-order valence-corrected chi connectivity index (χ4v) is 7.54. The van der Waals surface area contributed by atoms with Gasteiger partial charge >= 0.3 is 0 Å². The highest BCUT2D eigenvalue weighted by Gasteiger charge is 2.24. The first-order valence-corrected chi connectivity index (χ1v) is 20.6. The Labute approximate surface area is 357 Å². The average molecular weight is 849 g/mol. The van der Waals surface area contributed by atoms with Crippen LogP contribution in [-0.2, 0) is 30.9 Å². The maximum absolute atomic E-state index is 13.8. The summed E-state index contributed by atoms with van der Waals surface area (Å²) in [5, 5.41) is 14.8. The molecule has 62 heavy (non-hydrogen) atoms. The third-order valence-electron chi connectivity index (χ3n) is 10.6. The number of hydrogen-bond donors (Lipinski definition) is 3. The lowest BCUT2D eigenvalue weighted by molar-refractivity contribution is 0.0358. The minimum Gasteiger partial charge on any atom is -0.494 e. The van der Waals surface area contributed by atoms with Crippen LogP contribution in [-0.4, -0.2) is 114 Å². The summed E-state index contributed by atoms with van der Waals surface area (Å²) in [6.45, 7) is 14.6. The smallest absolute Gasteiger partial charge is 0.276 e. The van der Waals surface area contributed by atoms with E-state index in [4.69, 9.17) is 29.9 Å². The molecule has 1 aliphatic heterocycles. The number of primary amides is 1. The van der Waals surface area contributed by atoms with Gasteiger partial charge in [0.05, 0.1) is 49.4 Å². The lowest BCUT2D eigenvalue weighted by atomic mass is 10.1. The monoisotopic (exact) mass is 848 g/mol. The lowest BCUT2D eigenvalue weighted by Gasteiger charge is -2.26. The predicted octanol–water partition coefficient (Wildman–Crippen LogP) is 4.61. The van der Waals surface area contributed by atoms with Crippen LogP contribution in [0.3, 0.4) is 0 Å². The summed E-state index contributed by atoms with van der Waals surface area (Å²) >= 11 is 0. The van der Waals surface area contributed by atoms with Gasteiger partial charge in [0, 0.05) is 56.9 Å². The summed E-state index contributed by atoms with van der Waals surface area (Å²) in [6.07, 6.45) is 4.50. The van der Waals surface area contributed by atoms with Gasteiger partial charge in [-0.15, -0.1) is 0 Å². The molecule has 1 fully saturated rings. The molecule has 19 heteroatoms. The standard InChI is InChI=1S/C43H52N12O7/c1-7-54-33(20-26(3)49-54)40(58)47-42-46-32-23-30(39(44)57)25-35(60-6)37(32)52(42)13-9-10-14-53-38-31(45-43(53)48-41(59)34-21-27(4)50-55(34)8-2)22-29(28(5)56)24-36(38)62-17-11-12-51-15-18-61-19-16-51/h9-10,20-25H,7-8,11-19H2,1-6H3,(H2,44,57)(H,45,48,59)(H,46,47,58)/b10-9+. The Hall–Kier alpha value is -6.86. The van der Waals surface area contributed by atoms with Crippen LogP contribution < -0.4 is 25.8 Å². The number of nitrogens with zero attached hydrogens (tertiary/aromatic N) is 9. The summed E-state index contributed by atoms with van der Waals surface area (Å²) in [4.78, 5) is 64.4. The number of fused-ring (bicyclic) bond motifs is 2. The third-order valence-corrected chi connectivity index (χ3v) is 10.6. The first-order valence-electron chi connectivity index (χ1n) is 20.6. The van der Waals surface area contributed by atoms with Crippen molar-refractivity contribution in [1.29, 1.82) is 0 Å². The minimum atomic E-state index is -0.659. The van der Waals surface area contributed by atoms with Gasteiger partial charge in [-0.1, -0.05) is 12.2 Å². The number of amides is 3. The van der Waals surface area contributed by atoms with E-state index in [1.165, 1.54) is 20.1 Å². The van der Waals surface area contributed by atoms with E-state index in [1.54, 1.807) is 44.3 Å². The molecule has 326 valence electrons. The number of allylic oxidation sites excluding steroid dienone is 2. The van der Waals surface area contributed by atoms with E-state index in [9.17, 15) is 19.2 Å². The first-order chi connectivity index (χ1) is 29.9. The van der Waals surface area contributed by atoms with Crippen LogP contribution in [0.2, 0.25) is 0 Å². The van der Waals surface area contributed by atoms with Gasteiger partial charge in [0.2, 0.25) is 17.8 Å². The number of aromatic nitrogens is 8. The number of rotatable bonds is 18. The molecule has 0 bridgehead atoms. The van der Waals surface area contributed by atoms with Gasteiger partial charge in [-0.05, 0) is 77.4 Å². The van der Waals surface area contributed by atoms with Crippen molar-refractivity contribution in [2.24, 2.45) is 5.73 Å². The molecule has 0 unspecified atom stereocenters. The highest BCUT2D eigenvalue weighted by Crippen LogP contribution is 2.33. The van der Waals surface area contributed by atoms with E-state index in [-0.39, 0.29) is 36.3 Å². The molecule has 0 aliphatic carbocycles. The molecule has 3 amide bonds. The number of nitrogens with two attached hydrogens (primary N) is 1. The Morgan fingerprint density at radius 3 is 1.79 bits per heavy atom. The Kier molecular flexibility index (Phi) is 13.1. The normalized spacial score (nSPS) is 13.3. The van der Waals surface area contributed by atoms with Crippen molar-refractivity contribution in [3.05, 3.63) is 82.5 Å². The number of anilines is 2. The predicted molar refractivity (Wildman–Crippen MR) is 232 cm³/mol. The van der Waals surface area contributed by atoms with Crippen molar-refractivity contribution in [1.82, 2.24) is 43.6 Å². The molecule has 1 aliphatic rings. The number of benzene rings is 2. The van der Waals surface area contributed by atoms with Gasteiger partial charge < -0.3 is 29.1 Å². The van der Waals surface area contributed by atoms with Crippen molar-refractivity contribution < 1.29 is 33.4 Å². The van der Waals surface area contributed by atoms with Crippen molar-refractivity contribution in [3.63, 3.8) is 0 Å². The topological polar surface area (TPSA) is 221 Å². The fraction of sp³-hybridized carbons (Fsp3) is 0.395. The Morgan fingerprint density at radius 1 is 0.774 bits per heavy atom. The maximum atomic E-state index is 13.8. The molecule has 6 aromatic rings. The molecular weight excluding hydrogens is 797 g/mol. The summed E-state index contributed by atoms with van der Waals surface area (Å²) in [5.41, 5.74) is 10.3. The van der Waals surface area contributed by atoms with Crippen LogP contribution in [0, 0.1) is 13.8 Å². The van der Waals surface area contributed by atoms with E-state index in [0.717, 1.165) is 26.1 Å². The first kappa shape index (κ1) is 43.2. The van der Waals surface area contributed by atoms with Crippen molar-refractivity contribution in [2.45, 2.75) is 67.2 Å². The Morgan fingerprint density at radius 2 is 1.29 bits per heavy atom. The number of morpholine rings is 1. The molecule has 19 nitrogen and oxygen atoms in total. The van der Waals surface area contributed by atoms with Gasteiger partial charge in [0.15, 0.2) is 5.78 Å². The maximum Gasteiger partial charge on any atom is 0.276 e. The van der Waals surface area contributed by atoms with E-state index in [0.29, 0.717) is 94.8 Å². The van der Waals surface area contributed by atoms with Crippen molar-refractivity contribution >= 4 is 57.5 Å². The zero-order valence-corrected chi connectivity index (χ0v) is 35.9. The van der Waals surface area contributed by atoms with E-state index in [1.807, 2.05) is 44.4 Å². The van der Waals surface area contributed by atoms with Crippen LogP contribution >= 0.6 is 0 Å². The highest BCUT2D eigenvalue weighted by molar-refractivity contribution is 6.05. The zero-order valence-electron chi connectivity index (χ0n) is 35.9. The number of ketones is 1. The molecule has 7 rings (SSSR count). The highest BCUT2D eigenvalue weighted by atomic mass is 16.5. The molecule has 5 heterocycles. The van der Waals surface area contributed by atoms with E-state index in [2.05, 4.69) is 25.7 Å². The van der Waals surface area contributed by atoms with E-state index < -0.39 is 17.7 Å². The number of nitrogens with one attached hydrogen (secondary N) is 2. The summed E-state index contributed by atoms with van der Waals surface area (Å²) in [7, 11) is 1.47. The Balaban J connectivity index is 1.25. The van der Waals surface area contributed by atoms with Crippen molar-refractivity contribution in [2.75, 3.05) is 57.2 Å². The van der Waals surface area contributed by atoms with E-state index >= 15 is 0 Å². The Bertz CT molecular complexity index is 2680. The molecule has 0 saturated carbocycles. The van der Waals surface area contributed by atoms with Gasteiger partial charge in [0.25, 0.3) is 11.8 Å². The van der Waals surface area contributed by atoms with Gasteiger partial charge in [-0.3, -0.25) is 44.1 Å². The second kappa shape index (κ2) is 18.8. The third kappa shape index (κ3) is 9.23. The zero-order chi connectivity index (χ0) is 44.1. The number of methoxy groups -OCH3 is 1. The molecule has 0 spiro atoms. The van der Waals surface area contributed by atoms with Gasteiger partial charge in [-0.25, -0.2) is 9.97 Å². The number of carbonyl (C=O) groups is 4. The number of Topliss-reactive ketones (excluding diaryl/α,β-unsaturated/α-hetero) is 1. The van der Waals surface area contributed by atoms with Gasteiger partial charge in [-0.2, -0.15) is 10.2 Å². The summed E-state index contributed by atoms with van der Waals surface area (Å²) < 4.78 is 24.5. The summed E-state index contributed by atoms with van der Waals surface area (Å²) in [5.74, 6) is -0.425. The average Bonchev–Trinajstić information content (AvgIpc) is 4.03. The number of carbonyl (C=O) groups excluding carboxylic acids is 4. The number of imidazole rings is 2. The minimum absolute atomic E-state index is 0.157. The lowest BCUT2D eigenvalue weighted by Crippen LogP contribution is -2.37. The van der Waals surface area contributed by atoms with Crippen LogP contribution in [0.1, 0.15) is 80.3 Å². The number of aryl methyl sites for hydroxylation is 4. The molecular formula is C43H52N12O7. The quantitative estimate of drug-likeness (QED) is 0.0614. The summed E-state index contributed by atoms with van der Waals surface area (Å²) in [6, 6.07) is 9.90. The SMILES string of the molecule is CCn1nc(C)cc1C(=O)Nc1nc2cc(C(N)=O)cc(OC)c2n1C/C=C/Cn1c(NC(=O)c2cc(C)nn2CC)nc2cc(C(C)=O)cc(OCCCN3CCOCC3)c21. The molecule has 1 saturated heterocycles. The molecule has 0 atom stereocenters. The fourth-order valence-electron chi connectivity index (χ4n) is 7.54. The van der Waals surface area contributed by atoms with Crippen LogP contribution in [0.25, 0.3) is 22.1 Å². The van der Waals surface area contributed by atoms with Crippen LogP contribution in [0.4, 0.5) is 11.9 Å². The molecule has 0 radical (unpaired) electrons. The molecule has 4 N–H and O–H groups in total. The van der Waals surface area contributed by atoms with Crippen LogP contribution in [0.15, 0.2) is 48.6 Å². The second-order valence-corrected chi connectivity index (χ2v) is 14.9. The van der Waals surface area contributed by atoms with Crippen molar-refractivity contribution in [3.8, 4) is 11.5 Å². The van der Waals surface area contributed by atoms with Gasteiger partial charge in [0.1, 0.15) is 33.9 Å². The second-order valence-electron chi connectivity index (χ2n) is 14.9.